The number of nitrogens with one attached hydrogen (secondary N) is 2. The second-order valence-electron chi connectivity index (χ2n) is 7.61. The van der Waals surface area contributed by atoms with Gasteiger partial charge in [0.05, 0.1) is 23.1 Å². The Morgan fingerprint density at radius 1 is 1.07 bits per heavy atom. The maximum absolute atomic E-state index is 13.4. The van der Waals surface area contributed by atoms with Crippen LogP contribution in [-0.4, -0.2) is 47.4 Å². The van der Waals surface area contributed by atoms with Crippen molar-refractivity contribution in [2.45, 2.75) is 13.0 Å². The van der Waals surface area contributed by atoms with Gasteiger partial charge in [0.15, 0.2) is 0 Å². The molecule has 1 saturated heterocycles. The Morgan fingerprint density at radius 2 is 1.97 bits per heavy atom. The number of rotatable bonds is 4. The zero-order chi connectivity index (χ0) is 20.5. The third-order valence-electron chi connectivity index (χ3n) is 5.75. The number of hydrogen-bond acceptors (Lipinski definition) is 4. The van der Waals surface area contributed by atoms with Gasteiger partial charge in [-0.1, -0.05) is 24.3 Å². The van der Waals surface area contributed by atoms with Crippen molar-refractivity contribution in [2.75, 3.05) is 37.8 Å². The van der Waals surface area contributed by atoms with E-state index in [9.17, 15) is 9.18 Å². The highest BCUT2D eigenvalue weighted by molar-refractivity contribution is 5.88. The monoisotopic (exact) mass is 405 g/mol. The first kappa shape index (κ1) is 18.8. The molecule has 7 heteroatoms. The molecule has 2 aliphatic heterocycles. The second-order valence-corrected chi connectivity index (χ2v) is 7.61. The molecule has 0 atom stereocenters. The minimum atomic E-state index is -0.525. The molecule has 30 heavy (non-hydrogen) atoms. The molecule has 0 bridgehead atoms. The van der Waals surface area contributed by atoms with E-state index in [1.54, 1.807) is 0 Å². The largest absolute Gasteiger partial charge is 0.370 e. The molecule has 1 fully saturated rings. The Morgan fingerprint density at radius 3 is 2.87 bits per heavy atom. The van der Waals surface area contributed by atoms with E-state index in [-0.39, 0.29) is 12.1 Å². The molecule has 0 radical (unpaired) electrons. The molecule has 0 unspecified atom stereocenters. The third-order valence-corrected chi connectivity index (χ3v) is 5.75. The summed E-state index contributed by atoms with van der Waals surface area (Å²) in [5.41, 5.74) is 4.55. The first-order valence-corrected chi connectivity index (χ1v) is 10.4. The molecule has 5 rings (SSSR count). The van der Waals surface area contributed by atoms with E-state index in [1.165, 1.54) is 0 Å². The summed E-state index contributed by atoms with van der Waals surface area (Å²) in [6.07, 6.45) is 1.09. The molecule has 1 aromatic heterocycles. The van der Waals surface area contributed by atoms with Crippen molar-refractivity contribution in [3.63, 3.8) is 0 Å². The summed E-state index contributed by atoms with van der Waals surface area (Å²) in [6.45, 7) is 3.53. The lowest BCUT2D eigenvalue weighted by Crippen LogP contribution is -2.27. The third kappa shape index (κ3) is 3.25. The Hall–Kier alpha value is -3.19. The van der Waals surface area contributed by atoms with E-state index >= 15 is 0 Å². The molecule has 154 valence electrons. The molecule has 2 aromatic rings. The van der Waals surface area contributed by atoms with Gasteiger partial charge in [-0.2, -0.15) is 0 Å². The first-order valence-electron chi connectivity index (χ1n) is 10.4. The van der Waals surface area contributed by atoms with Crippen molar-refractivity contribution in [1.82, 2.24) is 19.9 Å². The number of aromatic nitrogens is 3. The van der Waals surface area contributed by atoms with E-state index in [0.29, 0.717) is 11.4 Å². The number of fused-ring (bicyclic) bond motifs is 2. The highest BCUT2D eigenvalue weighted by Crippen LogP contribution is 2.32. The van der Waals surface area contributed by atoms with Gasteiger partial charge < -0.3 is 19.8 Å². The maximum Gasteiger partial charge on any atom is 0.260 e. The van der Waals surface area contributed by atoms with Gasteiger partial charge in [0.25, 0.3) is 5.56 Å². The SMILES string of the molecule is O=c1[nH]c2cccccc-2c1-c1nc2cc(N3CCCNCC3)ccc2n1CCF. The number of benzene rings is 1. The van der Waals surface area contributed by atoms with Crippen molar-refractivity contribution in [2.24, 2.45) is 0 Å². The van der Waals surface area contributed by atoms with Crippen LogP contribution < -0.4 is 15.8 Å². The van der Waals surface area contributed by atoms with Crippen LogP contribution >= 0.6 is 0 Å². The zero-order valence-corrected chi connectivity index (χ0v) is 16.7. The molecule has 1 aliphatic carbocycles. The summed E-state index contributed by atoms with van der Waals surface area (Å²) in [6, 6.07) is 15.6. The summed E-state index contributed by atoms with van der Waals surface area (Å²) < 4.78 is 15.3. The molecule has 6 nitrogen and oxygen atoms in total. The van der Waals surface area contributed by atoms with Crippen molar-refractivity contribution < 1.29 is 4.39 Å². The molecule has 1 aromatic carbocycles. The molecule has 0 saturated carbocycles. The lowest BCUT2D eigenvalue weighted by Gasteiger charge is -2.22. The topological polar surface area (TPSA) is 66.0 Å². The predicted molar refractivity (Wildman–Crippen MR) is 118 cm³/mol. The van der Waals surface area contributed by atoms with Gasteiger partial charge in [-0.15, -0.1) is 0 Å². The van der Waals surface area contributed by atoms with E-state index in [2.05, 4.69) is 27.3 Å². The summed E-state index contributed by atoms with van der Waals surface area (Å²) in [4.78, 5) is 22.9. The number of aromatic amines is 1. The lowest BCUT2D eigenvalue weighted by molar-refractivity contribution is 0.451. The van der Waals surface area contributed by atoms with Crippen LogP contribution in [0.5, 0.6) is 0 Å². The summed E-state index contributed by atoms with van der Waals surface area (Å²) in [5, 5.41) is 3.42. The number of nitrogens with zero attached hydrogens (tertiary/aromatic N) is 3. The Kier molecular flexibility index (Phi) is 4.96. The average molecular weight is 405 g/mol. The predicted octanol–water partition coefficient (Wildman–Crippen LogP) is 3.27. The van der Waals surface area contributed by atoms with Crippen molar-refractivity contribution in [1.29, 1.82) is 0 Å². The van der Waals surface area contributed by atoms with Crippen LogP contribution in [0.25, 0.3) is 33.7 Å². The summed E-state index contributed by atoms with van der Waals surface area (Å²) in [5.74, 6) is 0.514. The van der Waals surface area contributed by atoms with Gasteiger partial charge in [0, 0.05) is 36.6 Å². The molecule has 0 spiro atoms. The average Bonchev–Trinajstić information content (AvgIpc) is 3.01. The van der Waals surface area contributed by atoms with Gasteiger partial charge in [0.2, 0.25) is 0 Å². The normalized spacial score (nSPS) is 15.0. The Bertz CT molecular complexity index is 1210. The standard InChI is InChI=1S/C23H24FN5O/c24-9-13-29-20-8-7-16(28-12-4-10-25-11-14-28)15-19(20)26-22(29)21-17-5-2-1-3-6-18(17)27-23(21)30/h1-3,5-8,15,25H,4,9-14H2,(H,27,30). The molecule has 0 amide bonds. The van der Waals surface area contributed by atoms with E-state index in [0.717, 1.165) is 60.6 Å². The van der Waals surface area contributed by atoms with Crippen LogP contribution in [0.15, 0.2) is 53.3 Å². The van der Waals surface area contributed by atoms with E-state index in [1.807, 2.05) is 41.0 Å². The highest BCUT2D eigenvalue weighted by Gasteiger charge is 2.22. The van der Waals surface area contributed by atoms with Gasteiger partial charge in [0.1, 0.15) is 12.5 Å². The number of aryl methyl sites for hydroxylation is 1. The fourth-order valence-electron chi connectivity index (χ4n) is 4.32. The van der Waals surface area contributed by atoms with Gasteiger partial charge in [-0.25, -0.2) is 9.37 Å². The van der Waals surface area contributed by atoms with Crippen LogP contribution in [0.4, 0.5) is 10.1 Å². The first-order chi connectivity index (χ1) is 14.8. The highest BCUT2D eigenvalue weighted by atomic mass is 19.1. The van der Waals surface area contributed by atoms with Crippen LogP contribution in [0, 0.1) is 0 Å². The molecular weight excluding hydrogens is 381 g/mol. The van der Waals surface area contributed by atoms with Crippen LogP contribution in [0.1, 0.15) is 6.42 Å². The van der Waals surface area contributed by atoms with Crippen molar-refractivity contribution in [3.8, 4) is 22.6 Å². The second kappa shape index (κ2) is 7.91. The summed E-state index contributed by atoms with van der Waals surface area (Å²) in [7, 11) is 0. The quantitative estimate of drug-likeness (QED) is 0.547. The minimum Gasteiger partial charge on any atom is -0.370 e. The van der Waals surface area contributed by atoms with Gasteiger partial charge >= 0.3 is 0 Å². The lowest BCUT2D eigenvalue weighted by atomic mass is 10.1. The Labute approximate surface area is 173 Å². The number of H-pyrrole nitrogens is 1. The van der Waals surface area contributed by atoms with E-state index < -0.39 is 6.67 Å². The smallest absolute Gasteiger partial charge is 0.260 e. The number of imidazole rings is 1. The molecule has 3 heterocycles. The van der Waals surface area contributed by atoms with Gasteiger partial charge in [-0.3, -0.25) is 4.79 Å². The van der Waals surface area contributed by atoms with Crippen molar-refractivity contribution in [3.05, 3.63) is 58.9 Å². The van der Waals surface area contributed by atoms with Crippen LogP contribution in [-0.2, 0) is 6.54 Å². The molecular formula is C23H24FN5O. The summed E-state index contributed by atoms with van der Waals surface area (Å²) >= 11 is 0. The minimum absolute atomic E-state index is 0.157. The Balaban J connectivity index is 1.67. The fraction of sp³-hybridized carbons (Fsp3) is 0.304. The van der Waals surface area contributed by atoms with Gasteiger partial charge in [-0.05, 0) is 37.2 Å². The fourth-order valence-corrected chi connectivity index (χ4v) is 4.32. The molecule has 3 aliphatic rings. The van der Waals surface area contributed by atoms with Crippen molar-refractivity contribution >= 4 is 16.7 Å². The number of hydrogen-bond donors (Lipinski definition) is 2. The number of halogens is 1. The number of alkyl halides is 1. The van der Waals surface area contributed by atoms with Crippen LogP contribution in [0.2, 0.25) is 0 Å². The molecule has 2 N–H and O–H groups in total. The zero-order valence-electron chi connectivity index (χ0n) is 16.7. The number of anilines is 1. The maximum atomic E-state index is 13.4. The van der Waals surface area contributed by atoms with Crippen LogP contribution in [0.3, 0.4) is 0 Å². The van der Waals surface area contributed by atoms with E-state index in [4.69, 9.17) is 4.98 Å².